The maximum absolute atomic E-state index is 6.23. The van der Waals surface area contributed by atoms with Crippen molar-refractivity contribution in [2.45, 2.75) is 32.9 Å². The topological polar surface area (TPSA) is 62.5 Å². The molecule has 0 spiro atoms. The highest BCUT2D eigenvalue weighted by molar-refractivity contribution is 14.0. The van der Waals surface area contributed by atoms with Crippen LogP contribution in [0.5, 0.6) is 0 Å². The number of nitrogens with zero attached hydrogens (tertiary/aromatic N) is 2. The van der Waals surface area contributed by atoms with E-state index < -0.39 is 0 Å². The molecule has 5 nitrogen and oxygen atoms in total. The summed E-state index contributed by atoms with van der Waals surface area (Å²) in [6.07, 6.45) is 0.850. The molecule has 24 heavy (non-hydrogen) atoms. The molecule has 132 valence electrons. The van der Waals surface area contributed by atoms with Gasteiger partial charge in [-0.15, -0.1) is 24.0 Å². The van der Waals surface area contributed by atoms with Gasteiger partial charge in [-0.1, -0.05) is 41.3 Å². The number of nitrogens with one attached hydrogen (secondary N) is 2. The van der Waals surface area contributed by atoms with Gasteiger partial charge in [0.1, 0.15) is 0 Å². The molecule has 2 aromatic rings. The molecule has 1 aromatic carbocycles. The average molecular weight is 483 g/mol. The van der Waals surface area contributed by atoms with E-state index in [1.807, 2.05) is 32.0 Å². The standard InChI is InChI=1S/C16H20Cl2N4O.HI/c1-4-12-8-13(23-22-12)9-20-16(19-3)21-10(2)14-6-5-11(17)7-15(14)18;/h5-8,10H,4,9H2,1-3H3,(H2,19,20,21);1H. The van der Waals surface area contributed by atoms with Gasteiger partial charge in [0.2, 0.25) is 0 Å². The number of guanidine groups is 1. The fraction of sp³-hybridized carbons (Fsp3) is 0.375. The number of aliphatic imine (C=N–C) groups is 1. The Labute approximate surface area is 169 Å². The van der Waals surface area contributed by atoms with Crippen molar-refractivity contribution in [1.29, 1.82) is 0 Å². The Kier molecular flexibility index (Phi) is 8.86. The fourth-order valence-corrected chi connectivity index (χ4v) is 2.68. The largest absolute Gasteiger partial charge is 0.359 e. The number of halogens is 3. The Balaban J connectivity index is 0.00000288. The molecular weight excluding hydrogens is 462 g/mol. The second-order valence-electron chi connectivity index (χ2n) is 5.10. The maximum atomic E-state index is 6.23. The van der Waals surface area contributed by atoms with Crippen LogP contribution in [0, 0.1) is 0 Å². The minimum absolute atomic E-state index is 0. The first kappa shape index (κ1) is 21.1. The van der Waals surface area contributed by atoms with Gasteiger partial charge in [-0.25, -0.2) is 0 Å². The van der Waals surface area contributed by atoms with E-state index in [0.717, 1.165) is 23.4 Å². The molecule has 1 atom stereocenters. The normalized spacial score (nSPS) is 12.5. The Morgan fingerprint density at radius 3 is 2.67 bits per heavy atom. The summed E-state index contributed by atoms with van der Waals surface area (Å²) in [5, 5.41) is 11.7. The molecule has 0 saturated heterocycles. The SMILES string of the molecule is CCc1cc(CNC(=NC)NC(C)c2ccc(Cl)cc2Cl)on1.I. The summed E-state index contributed by atoms with van der Waals surface area (Å²) >= 11 is 12.2. The molecule has 0 fully saturated rings. The minimum Gasteiger partial charge on any atom is -0.359 e. The Morgan fingerprint density at radius 2 is 2.08 bits per heavy atom. The Morgan fingerprint density at radius 1 is 1.33 bits per heavy atom. The van der Waals surface area contributed by atoms with Crippen LogP contribution in [0.15, 0.2) is 33.8 Å². The molecule has 0 aliphatic rings. The van der Waals surface area contributed by atoms with Crippen LogP contribution in [0.25, 0.3) is 0 Å². The smallest absolute Gasteiger partial charge is 0.191 e. The van der Waals surface area contributed by atoms with Gasteiger partial charge < -0.3 is 15.2 Å². The van der Waals surface area contributed by atoms with Crippen molar-refractivity contribution < 1.29 is 4.52 Å². The van der Waals surface area contributed by atoms with Crippen LogP contribution in [0.4, 0.5) is 0 Å². The lowest BCUT2D eigenvalue weighted by molar-refractivity contribution is 0.374. The number of hydrogen-bond donors (Lipinski definition) is 2. The van der Waals surface area contributed by atoms with Crippen molar-refractivity contribution >= 4 is 53.1 Å². The van der Waals surface area contributed by atoms with Crippen molar-refractivity contribution in [1.82, 2.24) is 15.8 Å². The third kappa shape index (κ3) is 5.82. The van der Waals surface area contributed by atoms with Crippen molar-refractivity contribution in [3.05, 3.63) is 51.3 Å². The predicted molar refractivity (Wildman–Crippen MR) is 110 cm³/mol. The third-order valence-electron chi connectivity index (χ3n) is 3.41. The van der Waals surface area contributed by atoms with Crippen LogP contribution in [-0.4, -0.2) is 18.2 Å². The minimum atomic E-state index is -0.0214. The number of aromatic nitrogens is 1. The van der Waals surface area contributed by atoms with Crippen molar-refractivity contribution in [2.24, 2.45) is 4.99 Å². The quantitative estimate of drug-likeness (QED) is 0.371. The second kappa shape index (κ2) is 10.1. The lowest BCUT2D eigenvalue weighted by atomic mass is 10.1. The molecule has 0 aliphatic heterocycles. The highest BCUT2D eigenvalue weighted by Crippen LogP contribution is 2.25. The van der Waals surface area contributed by atoms with E-state index in [4.69, 9.17) is 27.7 Å². The molecule has 2 rings (SSSR count). The number of hydrogen-bond acceptors (Lipinski definition) is 3. The van der Waals surface area contributed by atoms with E-state index in [-0.39, 0.29) is 30.0 Å². The molecule has 1 aromatic heterocycles. The summed E-state index contributed by atoms with van der Waals surface area (Å²) < 4.78 is 5.24. The lowest BCUT2D eigenvalue weighted by Gasteiger charge is -2.19. The zero-order chi connectivity index (χ0) is 16.8. The summed E-state index contributed by atoms with van der Waals surface area (Å²) in [6.45, 7) is 4.55. The first-order valence-corrected chi connectivity index (χ1v) is 8.15. The summed E-state index contributed by atoms with van der Waals surface area (Å²) in [7, 11) is 1.71. The van der Waals surface area contributed by atoms with Crippen LogP contribution < -0.4 is 10.6 Å². The van der Waals surface area contributed by atoms with Gasteiger partial charge >= 0.3 is 0 Å². The molecule has 0 saturated carbocycles. The predicted octanol–water partition coefficient (Wildman–Crippen LogP) is 4.59. The monoisotopic (exact) mass is 482 g/mol. The van der Waals surface area contributed by atoms with Crippen molar-refractivity contribution in [3.8, 4) is 0 Å². The summed E-state index contributed by atoms with van der Waals surface area (Å²) in [5.41, 5.74) is 1.89. The molecule has 0 radical (unpaired) electrons. The molecular formula is C16H21Cl2IN4O. The van der Waals surface area contributed by atoms with Gasteiger partial charge in [0, 0.05) is 23.2 Å². The number of rotatable bonds is 5. The maximum Gasteiger partial charge on any atom is 0.191 e. The van der Waals surface area contributed by atoms with E-state index in [9.17, 15) is 0 Å². The van der Waals surface area contributed by atoms with E-state index in [1.165, 1.54) is 0 Å². The van der Waals surface area contributed by atoms with Gasteiger partial charge in [0.05, 0.1) is 18.3 Å². The molecule has 1 heterocycles. The number of aryl methyl sites for hydroxylation is 1. The van der Waals surface area contributed by atoms with E-state index in [0.29, 0.717) is 22.5 Å². The van der Waals surface area contributed by atoms with Crippen LogP contribution in [0.3, 0.4) is 0 Å². The van der Waals surface area contributed by atoms with Gasteiger partial charge in [-0.3, -0.25) is 4.99 Å². The van der Waals surface area contributed by atoms with Gasteiger partial charge in [0.25, 0.3) is 0 Å². The molecule has 0 bridgehead atoms. The van der Waals surface area contributed by atoms with E-state index in [2.05, 4.69) is 20.8 Å². The van der Waals surface area contributed by atoms with Crippen molar-refractivity contribution in [2.75, 3.05) is 7.05 Å². The van der Waals surface area contributed by atoms with E-state index in [1.54, 1.807) is 13.1 Å². The van der Waals surface area contributed by atoms with Crippen LogP contribution in [0.1, 0.15) is 36.9 Å². The van der Waals surface area contributed by atoms with Crippen LogP contribution in [-0.2, 0) is 13.0 Å². The van der Waals surface area contributed by atoms with Gasteiger partial charge in [0.15, 0.2) is 11.7 Å². The third-order valence-corrected chi connectivity index (χ3v) is 3.97. The molecule has 1 unspecified atom stereocenters. The Bertz CT molecular complexity index is 690. The lowest BCUT2D eigenvalue weighted by Crippen LogP contribution is -2.38. The first-order chi connectivity index (χ1) is 11.0. The van der Waals surface area contributed by atoms with Gasteiger partial charge in [-0.2, -0.15) is 0 Å². The van der Waals surface area contributed by atoms with Crippen molar-refractivity contribution in [3.63, 3.8) is 0 Å². The number of benzene rings is 1. The highest BCUT2D eigenvalue weighted by atomic mass is 127. The zero-order valence-electron chi connectivity index (χ0n) is 13.8. The van der Waals surface area contributed by atoms with E-state index >= 15 is 0 Å². The first-order valence-electron chi connectivity index (χ1n) is 7.40. The molecule has 0 aliphatic carbocycles. The molecule has 2 N–H and O–H groups in total. The van der Waals surface area contributed by atoms with Gasteiger partial charge in [-0.05, 0) is 31.0 Å². The summed E-state index contributed by atoms with van der Waals surface area (Å²) in [6, 6.07) is 7.36. The Hall–Kier alpha value is -0.990. The average Bonchev–Trinajstić information content (AvgIpc) is 2.99. The zero-order valence-corrected chi connectivity index (χ0v) is 17.6. The summed E-state index contributed by atoms with van der Waals surface area (Å²) in [4.78, 5) is 4.21. The molecule has 8 heteroatoms. The molecule has 0 amide bonds. The highest BCUT2D eigenvalue weighted by Gasteiger charge is 2.12. The summed E-state index contributed by atoms with van der Waals surface area (Å²) in [5.74, 6) is 1.42. The van der Waals surface area contributed by atoms with Crippen LogP contribution >= 0.6 is 47.2 Å². The van der Waals surface area contributed by atoms with Crippen LogP contribution in [0.2, 0.25) is 10.0 Å². The second-order valence-corrected chi connectivity index (χ2v) is 5.94. The fourth-order valence-electron chi connectivity index (χ4n) is 2.11.